The lowest BCUT2D eigenvalue weighted by Gasteiger charge is -2.26. The predicted octanol–water partition coefficient (Wildman–Crippen LogP) is 5.78. The van der Waals surface area contributed by atoms with E-state index in [0.717, 1.165) is 25.3 Å². The SMILES string of the molecule is CC/C(C)=C(/c1ccccc1)c1ccc(OCCN2CCCCC2)cc1. The van der Waals surface area contributed by atoms with Crippen LogP contribution in [0.5, 0.6) is 5.75 Å². The molecule has 2 nitrogen and oxygen atoms in total. The van der Waals surface area contributed by atoms with Crippen LogP contribution in [0, 0.1) is 0 Å². The van der Waals surface area contributed by atoms with Crippen molar-refractivity contribution in [3.8, 4) is 5.75 Å². The number of hydrogen-bond acceptors (Lipinski definition) is 2. The zero-order valence-electron chi connectivity index (χ0n) is 16.2. The summed E-state index contributed by atoms with van der Waals surface area (Å²) >= 11 is 0. The molecule has 0 amide bonds. The molecular weight excluding hydrogens is 318 g/mol. The third-order valence-electron chi connectivity index (χ3n) is 5.29. The van der Waals surface area contributed by atoms with Crippen LogP contribution in [0.25, 0.3) is 5.57 Å². The quantitative estimate of drug-likeness (QED) is 0.628. The van der Waals surface area contributed by atoms with Crippen molar-refractivity contribution in [2.24, 2.45) is 0 Å². The van der Waals surface area contributed by atoms with Crippen LogP contribution in [0.1, 0.15) is 50.7 Å². The highest BCUT2D eigenvalue weighted by Gasteiger charge is 2.10. The molecule has 0 saturated carbocycles. The first-order valence-electron chi connectivity index (χ1n) is 9.98. The van der Waals surface area contributed by atoms with Gasteiger partial charge in [0, 0.05) is 6.54 Å². The summed E-state index contributed by atoms with van der Waals surface area (Å²) in [6.07, 6.45) is 5.10. The average Bonchev–Trinajstić information content (AvgIpc) is 2.71. The summed E-state index contributed by atoms with van der Waals surface area (Å²) in [5.41, 5.74) is 5.30. The molecule has 1 heterocycles. The van der Waals surface area contributed by atoms with Gasteiger partial charge in [0.1, 0.15) is 12.4 Å². The Balaban J connectivity index is 1.65. The topological polar surface area (TPSA) is 12.5 Å². The van der Waals surface area contributed by atoms with Crippen molar-refractivity contribution < 1.29 is 4.74 Å². The molecule has 138 valence electrons. The number of likely N-dealkylation sites (tertiary alicyclic amines) is 1. The molecule has 0 atom stereocenters. The molecule has 0 aliphatic carbocycles. The van der Waals surface area contributed by atoms with Crippen molar-refractivity contribution in [3.05, 3.63) is 71.3 Å². The number of nitrogens with zero attached hydrogens (tertiary/aromatic N) is 1. The Labute approximate surface area is 158 Å². The standard InChI is InChI=1S/C24H31NO/c1-3-20(2)24(21-10-6-4-7-11-21)22-12-14-23(15-13-22)26-19-18-25-16-8-5-9-17-25/h4,6-7,10-15H,3,5,8-9,16-19H2,1-2H3/b24-20-. The normalized spacial score (nSPS) is 16.2. The van der Waals surface area contributed by atoms with E-state index in [1.807, 2.05) is 0 Å². The Kier molecular flexibility index (Phi) is 6.90. The first kappa shape index (κ1) is 18.7. The van der Waals surface area contributed by atoms with Crippen molar-refractivity contribution in [1.82, 2.24) is 4.90 Å². The Morgan fingerprint density at radius 3 is 2.19 bits per heavy atom. The van der Waals surface area contributed by atoms with Gasteiger partial charge >= 0.3 is 0 Å². The molecule has 2 heteroatoms. The second-order valence-corrected chi connectivity index (χ2v) is 7.15. The fourth-order valence-electron chi connectivity index (χ4n) is 3.63. The predicted molar refractivity (Wildman–Crippen MR) is 111 cm³/mol. The maximum Gasteiger partial charge on any atom is 0.119 e. The van der Waals surface area contributed by atoms with E-state index in [2.05, 4.69) is 73.3 Å². The average molecular weight is 350 g/mol. The molecule has 0 bridgehead atoms. The molecule has 0 aromatic heterocycles. The van der Waals surface area contributed by atoms with Crippen LogP contribution in [-0.2, 0) is 0 Å². The first-order chi connectivity index (χ1) is 12.8. The monoisotopic (exact) mass is 349 g/mol. The van der Waals surface area contributed by atoms with Gasteiger partial charge in [-0.1, -0.05) is 61.4 Å². The maximum absolute atomic E-state index is 5.98. The Morgan fingerprint density at radius 2 is 1.54 bits per heavy atom. The summed E-state index contributed by atoms with van der Waals surface area (Å²) < 4.78 is 5.98. The van der Waals surface area contributed by atoms with Gasteiger partial charge in [-0.15, -0.1) is 0 Å². The minimum atomic E-state index is 0.773. The van der Waals surface area contributed by atoms with Gasteiger partial charge in [-0.05, 0) is 68.1 Å². The van der Waals surface area contributed by atoms with Gasteiger partial charge in [0.25, 0.3) is 0 Å². The molecule has 1 saturated heterocycles. The summed E-state index contributed by atoms with van der Waals surface area (Å²) in [5, 5.41) is 0. The van der Waals surface area contributed by atoms with Gasteiger partial charge in [0.15, 0.2) is 0 Å². The highest BCUT2D eigenvalue weighted by atomic mass is 16.5. The minimum absolute atomic E-state index is 0.773. The molecule has 2 aromatic carbocycles. The number of hydrogen-bond donors (Lipinski definition) is 0. The van der Waals surface area contributed by atoms with Crippen molar-refractivity contribution in [2.45, 2.75) is 39.5 Å². The zero-order valence-corrected chi connectivity index (χ0v) is 16.2. The third kappa shape index (κ3) is 4.98. The lowest BCUT2D eigenvalue weighted by Crippen LogP contribution is -2.33. The molecule has 1 aliphatic heterocycles. The minimum Gasteiger partial charge on any atom is -0.492 e. The van der Waals surface area contributed by atoms with E-state index in [0.29, 0.717) is 0 Å². The third-order valence-corrected chi connectivity index (χ3v) is 5.29. The van der Waals surface area contributed by atoms with E-state index in [4.69, 9.17) is 4.74 Å². The molecule has 1 fully saturated rings. The number of rotatable bonds is 7. The van der Waals surface area contributed by atoms with E-state index in [9.17, 15) is 0 Å². The van der Waals surface area contributed by atoms with Crippen LogP contribution >= 0.6 is 0 Å². The number of piperidine rings is 1. The van der Waals surface area contributed by atoms with Gasteiger partial charge in [-0.2, -0.15) is 0 Å². The Morgan fingerprint density at radius 1 is 0.885 bits per heavy atom. The molecule has 3 rings (SSSR count). The van der Waals surface area contributed by atoms with Crippen molar-refractivity contribution in [1.29, 1.82) is 0 Å². The lowest BCUT2D eigenvalue weighted by atomic mass is 9.92. The Hall–Kier alpha value is -2.06. The van der Waals surface area contributed by atoms with Gasteiger partial charge in [0.05, 0.1) is 0 Å². The van der Waals surface area contributed by atoms with Gasteiger partial charge < -0.3 is 4.74 Å². The highest BCUT2D eigenvalue weighted by molar-refractivity contribution is 5.82. The molecule has 0 spiro atoms. The maximum atomic E-state index is 5.98. The van der Waals surface area contributed by atoms with Gasteiger partial charge in [0.2, 0.25) is 0 Å². The van der Waals surface area contributed by atoms with Crippen molar-refractivity contribution in [3.63, 3.8) is 0 Å². The highest BCUT2D eigenvalue weighted by Crippen LogP contribution is 2.29. The lowest BCUT2D eigenvalue weighted by molar-refractivity contribution is 0.183. The number of ether oxygens (including phenoxy) is 1. The molecule has 26 heavy (non-hydrogen) atoms. The van der Waals surface area contributed by atoms with Crippen LogP contribution in [0.15, 0.2) is 60.2 Å². The van der Waals surface area contributed by atoms with Crippen LogP contribution in [-0.4, -0.2) is 31.1 Å². The summed E-state index contributed by atoms with van der Waals surface area (Å²) in [5.74, 6) is 0.965. The Bertz CT molecular complexity index is 697. The van der Waals surface area contributed by atoms with Crippen LogP contribution < -0.4 is 4.74 Å². The van der Waals surface area contributed by atoms with E-state index in [-0.39, 0.29) is 0 Å². The fourth-order valence-corrected chi connectivity index (χ4v) is 3.63. The van der Waals surface area contributed by atoms with Gasteiger partial charge in [-0.3, -0.25) is 4.90 Å². The second-order valence-electron chi connectivity index (χ2n) is 7.15. The molecule has 0 unspecified atom stereocenters. The van der Waals surface area contributed by atoms with Crippen LogP contribution in [0.4, 0.5) is 0 Å². The van der Waals surface area contributed by atoms with Crippen molar-refractivity contribution in [2.75, 3.05) is 26.2 Å². The van der Waals surface area contributed by atoms with Gasteiger partial charge in [-0.25, -0.2) is 0 Å². The summed E-state index contributed by atoms with van der Waals surface area (Å²) in [6, 6.07) is 19.3. The first-order valence-corrected chi connectivity index (χ1v) is 9.98. The number of allylic oxidation sites excluding steroid dienone is 1. The molecule has 0 N–H and O–H groups in total. The van der Waals surface area contributed by atoms with E-state index >= 15 is 0 Å². The van der Waals surface area contributed by atoms with Crippen LogP contribution in [0.3, 0.4) is 0 Å². The van der Waals surface area contributed by atoms with E-state index in [1.54, 1.807) is 0 Å². The van der Waals surface area contributed by atoms with Crippen molar-refractivity contribution >= 4 is 5.57 Å². The second kappa shape index (κ2) is 9.59. The number of benzene rings is 2. The fraction of sp³-hybridized carbons (Fsp3) is 0.417. The molecule has 1 aliphatic rings. The molecule has 2 aromatic rings. The van der Waals surface area contributed by atoms with Crippen LogP contribution in [0.2, 0.25) is 0 Å². The summed E-state index contributed by atoms with van der Waals surface area (Å²) in [7, 11) is 0. The van der Waals surface area contributed by atoms with E-state index < -0.39 is 0 Å². The smallest absolute Gasteiger partial charge is 0.119 e. The summed E-state index contributed by atoms with van der Waals surface area (Å²) in [4.78, 5) is 2.51. The molecular formula is C24H31NO. The largest absolute Gasteiger partial charge is 0.492 e. The molecule has 0 radical (unpaired) electrons. The zero-order chi connectivity index (χ0) is 18.2. The summed E-state index contributed by atoms with van der Waals surface area (Å²) in [6.45, 7) is 8.70. The van der Waals surface area contributed by atoms with E-state index in [1.165, 1.54) is 54.6 Å².